The number of carbonyl (C=O) groups is 1. The first kappa shape index (κ1) is 22.6. The van der Waals surface area contributed by atoms with E-state index >= 15 is 0 Å². The summed E-state index contributed by atoms with van der Waals surface area (Å²) >= 11 is 1.43. The molecule has 0 bridgehead atoms. The van der Waals surface area contributed by atoms with Gasteiger partial charge in [-0.2, -0.15) is 13.2 Å². The Morgan fingerprint density at radius 1 is 1.27 bits per heavy atom. The Morgan fingerprint density at radius 2 is 1.96 bits per heavy atom. The number of amides is 1. The molecule has 1 rings (SSSR count). The van der Waals surface area contributed by atoms with Gasteiger partial charge in [0.25, 0.3) is 0 Å². The number of ether oxygens (including phenoxy) is 2. The first-order chi connectivity index (χ1) is 12.0. The zero-order valence-corrected chi connectivity index (χ0v) is 16.1. The highest BCUT2D eigenvalue weighted by Crippen LogP contribution is 2.31. The van der Waals surface area contributed by atoms with E-state index in [-0.39, 0.29) is 0 Å². The topological polar surface area (TPSA) is 59.6 Å². The summed E-state index contributed by atoms with van der Waals surface area (Å²) in [5, 5.41) is 5.64. The lowest BCUT2D eigenvalue weighted by molar-refractivity contribution is -0.137. The number of halogens is 3. The third-order valence-electron chi connectivity index (χ3n) is 3.04. The van der Waals surface area contributed by atoms with Crippen molar-refractivity contribution in [3.8, 4) is 0 Å². The van der Waals surface area contributed by atoms with E-state index in [9.17, 15) is 18.0 Å². The Labute approximate surface area is 156 Å². The highest BCUT2D eigenvalue weighted by Gasteiger charge is 2.31. The van der Waals surface area contributed by atoms with Gasteiger partial charge in [-0.1, -0.05) is 12.1 Å². The number of rotatable bonds is 8. The Hall–Kier alpha value is -1.45. The Kier molecular flexibility index (Phi) is 8.72. The van der Waals surface area contributed by atoms with Gasteiger partial charge in [-0.25, -0.2) is 4.79 Å². The van der Waals surface area contributed by atoms with Crippen LogP contribution in [-0.2, 0) is 15.7 Å². The first-order valence-corrected chi connectivity index (χ1v) is 9.12. The summed E-state index contributed by atoms with van der Waals surface area (Å²) in [5.74, 6) is 0.899. The van der Waals surface area contributed by atoms with Gasteiger partial charge in [-0.05, 0) is 38.5 Å². The summed E-state index contributed by atoms with van der Waals surface area (Å²) in [6.45, 7) is 5.51. The summed E-state index contributed by atoms with van der Waals surface area (Å²) < 4.78 is 49.0. The van der Waals surface area contributed by atoms with Crippen molar-refractivity contribution in [3.63, 3.8) is 0 Å². The van der Waals surface area contributed by atoms with E-state index in [2.05, 4.69) is 10.6 Å². The quantitative estimate of drug-likeness (QED) is 0.512. The molecule has 1 aromatic carbocycles. The highest BCUT2D eigenvalue weighted by molar-refractivity contribution is 7.99. The van der Waals surface area contributed by atoms with E-state index < -0.39 is 29.5 Å². The zero-order chi connectivity index (χ0) is 19.8. The second-order valence-corrected chi connectivity index (χ2v) is 7.55. The lowest BCUT2D eigenvalue weighted by atomic mass is 10.0. The highest BCUT2D eigenvalue weighted by atomic mass is 32.2. The normalized spacial score (nSPS) is 13.3. The fourth-order valence-corrected chi connectivity index (χ4v) is 2.85. The molecule has 0 aliphatic carbocycles. The van der Waals surface area contributed by atoms with E-state index in [0.29, 0.717) is 23.9 Å². The van der Waals surface area contributed by atoms with E-state index in [4.69, 9.17) is 9.47 Å². The van der Waals surface area contributed by atoms with E-state index in [0.717, 1.165) is 12.1 Å². The predicted octanol–water partition coefficient (Wildman–Crippen LogP) is 4.16. The van der Waals surface area contributed by atoms with Gasteiger partial charge in [-0.3, -0.25) is 5.32 Å². The molecule has 0 aliphatic heterocycles. The third-order valence-corrected chi connectivity index (χ3v) is 4.02. The van der Waals surface area contributed by atoms with Gasteiger partial charge in [0.05, 0.1) is 18.3 Å². The largest absolute Gasteiger partial charge is 0.444 e. The fraction of sp³-hybridized carbons (Fsp3) is 0.588. The zero-order valence-electron chi connectivity index (χ0n) is 15.3. The molecular formula is C17H25F3N2O3S. The minimum absolute atomic E-state index is 0.362. The third kappa shape index (κ3) is 8.77. The average Bonchev–Trinajstić information content (AvgIpc) is 2.51. The molecule has 0 saturated carbocycles. The van der Waals surface area contributed by atoms with Crippen LogP contribution in [0.5, 0.6) is 0 Å². The predicted molar refractivity (Wildman–Crippen MR) is 95.9 cm³/mol. The molecule has 5 nitrogen and oxygen atoms in total. The Morgan fingerprint density at radius 3 is 2.54 bits per heavy atom. The molecule has 0 spiro atoms. The first-order valence-electron chi connectivity index (χ1n) is 7.97. The van der Waals surface area contributed by atoms with Crippen molar-refractivity contribution in [2.75, 3.05) is 25.5 Å². The van der Waals surface area contributed by atoms with Crippen molar-refractivity contribution < 1.29 is 27.4 Å². The van der Waals surface area contributed by atoms with E-state index in [1.54, 1.807) is 33.9 Å². The summed E-state index contributed by atoms with van der Waals surface area (Å²) in [6.07, 6.45) is -5.12. The molecule has 148 valence electrons. The van der Waals surface area contributed by atoms with Crippen LogP contribution in [0.4, 0.5) is 18.0 Å². The molecule has 1 atom stereocenters. The second-order valence-electron chi connectivity index (χ2n) is 6.52. The standard InChI is InChI=1S/C17H25F3N2O3S/c1-16(2,3)25-15(23)22-14(9-26-11-21-10-24-4)12-6-5-7-13(8-12)17(18,19)20/h5-8,14,21H,9-11H2,1-4H3,(H,22,23). The van der Waals surface area contributed by atoms with Gasteiger partial charge in [-0.15, -0.1) is 11.8 Å². The summed E-state index contributed by atoms with van der Waals surface area (Å²) in [5.41, 5.74) is -1.09. The van der Waals surface area contributed by atoms with Crippen LogP contribution in [-0.4, -0.2) is 37.2 Å². The molecule has 26 heavy (non-hydrogen) atoms. The molecule has 1 amide bonds. The molecule has 0 fully saturated rings. The van der Waals surface area contributed by atoms with Crippen molar-refractivity contribution in [2.45, 2.75) is 38.6 Å². The lowest BCUT2D eigenvalue weighted by Gasteiger charge is -2.24. The number of alkyl carbamates (subject to hydrolysis) is 1. The van der Waals surface area contributed by atoms with Crippen LogP contribution in [0.1, 0.15) is 37.9 Å². The van der Waals surface area contributed by atoms with Gasteiger partial charge in [0, 0.05) is 18.7 Å². The van der Waals surface area contributed by atoms with Gasteiger partial charge >= 0.3 is 12.3 Å². The fourth-order valence-electron chi connectivity index (χ4n) is 2.00. The maximum Gasteiger partial charge on any atom is 0.416 e. The molecule has 0 saturated heterocycles. The number of alkyl halides is 3. The molecule has 2 N–H and O–H groups in total. The van der Waals surface area contributed by atoms with E-state index in [1.807, 2.05) is 0 Å². The van der Waals surface area contributed by atoms with Crippen LogP contribution in [0.15, 0.2) is 24.3 Å². The van der Waals surface area contributed by atoms with Crippen LogP contribution < -0.4 is 10.6 Å². The van der Waals surface area contributed by atoms with Crippen LogP contribution >= 0.6 is 11.8 Å². The van der Waals surface area contributed by atoms with Gasteiger partial charge in [0.1, 0.15) is 5.60 Å². The number of thioether (sulfide) groups is 1. The van der Waals surface area contributed by atoms with Crippen molar-refractivity contribution in [3.05, 3.63) is 35.4 Å². The molecule has 9 heteroatoms. The van der Waals surface area contributed by atoms with Crippen LogP contribution in [0, 0.1) is 0 Å². The molecule has 0 aromatic heterocycles. The molecular weight excluding hydrogens is 369 g/mol. The van der Waals surface area contributed by atoms with Crippen LogP contribution in [0.25, 0.3) is 0 Å². The Balaban J connectivity index is 2.87. The minimum Gasteiger partial charge on any atom is -0.444 e. The minimum atomic E-state index is -4.44. The summed E-state index contributed by atoms with van der Waals surface area (Å²) in [4.78, 5) is 12.1. The molecule has 1 unspecified atom stereocenters. The second kappa shape index (κ2) is 10.0. The lowest BCUT2D eigenvalue weighted by Crippen LogP contribution is -2.36. The van der Waals surface area contributed by atoms with Gasteiger partial charge in [0.2, 0.25) is 0 Å². The number of methoxy groups -OCH3 is 1. The van der Waals surface area contributed by atoms with Crippen molar-refractivity contribution in [2.24, 2.45) is 0 Å². The maximum atomic E-state index is 13.0. The number of hydrogen-bond acceptors (Lipinski definition) is 5. The summed E-state index contributed by atoms with van der Waals surface area (Å²) in [7, 11) is 1.55. The van der Waals surface area contributed by atoms with Crippen molar-refractivity contribution in [1.82, 2.24) is 10.6 Å². The smallest absolute Gasteiger partial charge is 0.416 e. The number of benzene rings is 1. The molecule has 0 radical (unpaired) electrons. The molecule has 0 heterocycles. The van der Waals surface area contributed by atoms with Crippen molar-refractivity contribution >= 4 is 17.9 Å². The van der Waals surface area contributed by atoms with Crippen molar-refractivity contribution in [1.29, 1.82) is 0 Å². The van der Waals surface area contributed by atoms with Gasteiger partial charge < -0.3 is 14.8 Å². The van der Waals surface area contributed by atoms with Gasteiger partial charge in [0.15, 0.2) is 0 Å². The molecule has 0 aliphatic rings. The average molecular weight is 394 g/mol. The van der Waals surface area contributed by atoms with E-state index in [1.165, 1.54) is 17.8 Å². The summed E-state index contributed by atoms with van der Waals surface area (Å²) in [6, 6.07) is 4.31. The Bertz CT molecular complexity index is 577. The number of carbonyl (C=O) groups excluding carboxylic acids is 1. The maximum absolute atomic E-state index is 13.0. The molecule has 1 aromatic rings. The van der Waals surface area contributed by atoms with Crippen LogP contribution in [0.2, 0.25) is 0 Å². The number of hydrogen-bond donors (Lipinski definition) is 2. The SMILES string of the molecule is COCNCSCC(NC(=O)OC(C)(C)C)c1cccc(C(F)(F)F)c1. The monoisotopic (exact) mass is 394 g/mol. The number of nitrogens with one attached hydrogen (secondary N) is 2. The van der Waals surface area contributed by atoms with Crippen LogP contribution in [0.3, 0.4) is 0 Å².